The van der Waals surface area contributed by atoms with Crippen LogP contribution in [0.5, 0.6) is 0 Å². The van der Waals surface area contributed by atoms with E-state index in [0.29, 0.717) is 12.5 Å². The molecule has 0 aromatic rings. The molecule has 1 fully saturated rings. The van der Waals surface area contributed by atoms with Gasteiger partial charge in [-0.15, -0.1) is 0 Å². The van der Waals surface area contributed by atoms with Crippen LogP contribution < -0.4 is 5.32 Å². The number of rotatable bonds is 4. The van der Waals surface area contributed by atoms with Crippen molar-refractivity contribution < 1.29 is 4.79 Å². The second-order valence-electron chi connectivity index (χ2n) is 5.29. The van der Waals surface area contributed by atoms with Crippen LogP contribution in [0.15, 0.2) is 0 Å². The first kappa shape index (κ1) is 14.0. The van der Waals surface area contributed by atoms with Crippen molar-refractivity contribution in [1.82, 2.24) is 5.32 Å². The second kappa shape index (κ2) is 7.32. The van der Waals surface area contributed by atoms with E-state index >= 15 is 0 Å². The number of hydrogen-bond donors (Lipinski definition) is 1. The molecule has 0 heterocycles. The van der Waals surface area contributed by atoms with Gasteiger partial charge in [-0.3, -0.25) is 4.79 Å². The summed E-state index contributed by atoms with van der Waals surface area (Å²) in [7, 11) is 0. The Kier molecular flexibility index (Phi) is 6.04. The van der Waals surface area contributed by atoms with E-state index in [1.54, 1.807) is 0 Å². The third-order valence-electron chi connectivity index (χ3n) is 3.65. The molecule has 0 saturated heterocycles. The van der Waals surface area contributed by atoms with Crippen LogP contribution >= 0.6 is 0 Å². The number of amides is 1. The van der Waals surface area contributed by atoms with E-state index in [2.05, 4.69) is 18.3 Å². The summed E-state index contributed by atoms with van der Waals surface area (Å²) in [6, 6.07) is 2.40. The van der Waals surface area contributed by atoms with Crippen LogP contribution in [0, 0.1) is 23.2 Å². The average molecular weight is 236 g/mol. The van der Waals surface area contributed by atoms with E-state index in [1.807, 2.05) is 6.92 Å². The van der Waals surface area contributed by atoms with E-state index in [1.165, 1.54) is 19.3 Å². The maximum absolute atomic E-state index is 11.9. The van der Waals surface area contributed by atoms with E-state index in [9.17, 15) is 4.79 Å². The minimum atomic E-state index is -0.458. The van der Waals surface area contributed by atoms with Crippen LogP contribution in [0.4, 0.5) is 0 Å². The molecule has 1 aliphatic rings. The van der Waals surface area contributed by atoms with Gasteiger partial charge in [-0.2, -0.15) is 5.26 Å². The summed E-state index contributed by atoms with van der Waals surface area (Å²) >= 11 is 0. The molecule has 3 unspecified atom stereocenters. The van der Waals surface area contributed by atoms with Gasteiger partial charge < -0.3 is 5.32 Å². The second-order valence-corrected chi connectivity index (χ2v) is 5.29. The lowest BCUT2D eigenvalue weighted by Crippen LogP contribution is -2.38. The van der Waals surface area contributed by atoms with Crippen molar-refractivity contribution in [3.63, 3.8) is 0 Å². The summed E-state index contributed by atoms with van der Waals surface area (Å²) in [5.74, 6) is 0.258. The monoisotopic (exact) mass is 236 g/mol. The van der Waals surface area contributed by atoms with Crippen molar-refractivity contribution in [3.05, 3.63) is 0 Å². The van der Waals surface area contributed by atoms with Crippen LogP contribution in [0.3, 0.4) is 0 Å². The van der Waals surface area contributed by atoms with Crippen molar-refractivity contribution in [1.29, 1.82) is 5.26 Å². The Labute approximate surface area is 105 Å². The zero-order chi connectivity index (χ0) is 12.7. The molecule has 3 nitrogen and oxygen atoms in total. The summed E-state index contributed by atoms with van der Waals surface area (Å²) in [5, 5.41) is 12.0. The molecular formula is C14H24N2O. The van der Waals surface area contributed by atoms with E-state index < -0.39 is 5.92 Å². The molecule has 1 rings (SSSR count). The van der Waals surface area contributed by atoms with Gasteiger partial charge in [-0.25, -0.2) is 0 Å². The zero-order valence-electron chi connectivity index (χ0n) is 11.0. The van der Waals surface area contributed by atoms with Gasteiger partial charge in [0.05, 0.1) is 6.07 Å². The molecule has 1 N–H and O–H groups in total. The highest BCUT2D eigenvalue weighted by molar-refractivity contribution is 5.81. The van der Waals surface area contributed by atoms with Gasteiger partial charge in [0, 0.05) is 6.04 Å². The van der Waals surface area contributed by atoms with Crippen molar-refractivity contribution in [2.24, 2.45) is 11.8 Å². The van der Waals surface area contributed by atoms with Crippen LogP contribution in [0.25, 0.3) is 0 Å². The van der Waals surface area contributed by atoms with E-state index in [0.717, 1.165) is 25.2 Å². The van der Waals surface area contributed by atoms with Crippen molar-refractivity contribution in [2.75, 3.05) is 0 Å². The lowest BCUT2D eigenvalue weighted by molar-refractivity contribution is -0.124. The van der Waals surface area contributed by atoms with Crippen LogP contribution in [-0.2, 0) is 4.79 Å². The molecule has 96 valence electrons. The minimum Gasteiger partial charge on any atom is -0.352 e. The highest BCUT2D eigenvalue weighted by atomic mass is 16.1. The van der Waals surface area contributed by atoms with Crippen LogP contribution in [0.1, 0.15) is 58.8 Å². The fourth-order valence-corrected chi connectivity index (χ4v) is 2.48. The lowest BCUT2D eigenvalue weighted by Gasteiger charge is -2.18. The van der Waals surface area contributed by atoms with E-state index in [4.69, 9.17) is 5.26 Å². The highest BCUT2D eigenvalue weighted by Crippen LogP contribution is 2.22. The molecule has 1 saturated carbocycles. The Morgan fingerprint density at radius 2 is 2.18 bits per heavy atom. The van der Waals surface area contributed by atoms with Crippen LogP contribution in [0.2, 0.25) is 0 Å². The molecule has 3 atom stereocenters. The first-order valence-electron chi connectivity index (χ1n) is 6.87. The molecule has 0 aromatic heterocycles. The Hall–Kier alpha value is -1.04. The van der Waals surface area contributed by atoms with Crippen molar-refractivity contribution in [2.45, 2.75) is 64.8 Å². The number of hydrogen-bond acceptors (Lipinski definition) is 2. The molecule has 0 aliphatic heterocycles. The fraction of sp³-hybridized carbons (Fsp3) is 0.857. The summed E-state index contributed by atoms with van der Waals surface area (Å²) < 4.78 is 0. The molecule has 1 amide bonds. The van der Waals surface area contributed by atoms with Crippen LogP contribution in [-0.4, -0.2) is 11.9 Å². The number of nitrogens with one attached hydrogen (secondary N) is 1. The molecule has 0 bridgehead atoms. The number of carbonyl (C=O) groups is 1. The van der Waals surface area contributed by atoms with Gasteiger partial charge in [0.25, 0.3) is 0 Å². The van der Waals surface area contributed by atoms with Crippen molar-refractivity contribution >= 4 is 5.91 Å². The van der Waals surface area contributed by atoms with Gasteiger partial charge in [0.2, 0.25) is 5.91 Å². The zero-order valence-corrected chi connectivity index (χ0v) is 11.0. The highest BCUT2D eigenvalue weighted by Gasteiger charge is 2.22. The third-order valence-corrected chi connectivity index (χ3v) is 3.65. The molecule has 1 aliphatic carbocycles. The fourth-order valence-electron chi connectivity index (χ4n) is 2.48. The molecule has 17 heavy (non-hydrogen) atoms. The SMILES string of the molecule is CCCC(C#N)C(=O)NC1CCCC(C)CC1. The van der Waals surface area contributed by atoms with Crippen molar-refractivity contribution in [3.8, 4) is 6.07 Å². The predicted molar refractivity (Wildman–Crippen MR) is 68.2 cm³/mol. The topological polar surface area (TPSA) is 52.9 Å². The predicted octanol–water partition coefficient (Wildman–Crippen LogP) is 3.01. The number of nitriles is 1. The summed E-state index contributed by atoms with van der Waals surface area (Å²) in [6.07, 6.45) is 7.34. The molecule has 0 radical (unpaired) electrons. The molecule has 0 aromatic carbocycles. The van der Waals surface area contributed by atoms with E-state index in [-0.39, 0.29) is 5.91 Å². The Bertz CT molecular complexity index is 282. The standard InChI is InChI=1S/C14H24N2O/c1-3-5-12(10-15)14(17)16-13-7-4-6-11(2)8-9-13/h11-13H,3-9H2,1-2H3,(H,16,17). The molecular weight excluding hydrogens is 212 g/mol. The number of carbonyl (C=O) groups excluding carboxylic acids is 1. The third kappa shape index (κ3) is 4.77. The van der Waals surface area contributed by atoms with Gasteiger partial charge in [0.15, 0.2) is 0 Å². The minimum absolute atomic E-state index is 0.0612. The maximum Gasteiger partial charge on any atom is 0.237 e. The number of nitrogens with zero attached hydrogens (tertiary/aromatic N) is 1. The van der Waals surface area contributed by atoms with Gasteiger partial charge in [0.1, 0.15) is 5.92 Å². The summed E-state index contributed by atoms with van der Waals surface area (Å²) in [5.41, 5.74) is 0. The van der Waals surface area contributed by atoms with Gasteiger partial charge in [-0.05, 0) is 31.6 Å². The molecule has 0 spiro atoms. The molecule has 3 heteroatoms. The first-order chi connectivity index (χ1) is 8.17. The smallest absolute Gasteiger partial charge is 0.237 e. The Balaban J connectivity index is 2.42. The maximum atomic E-state index is 11.9. The summed E-state index contributed by atoms with van der Waals surface area (Å²) in [4.78, 5) is 11.9. The lowest BCUT2D eigenvalue weighted by atomic mass is 10.0. The first-order valence-corrected chi connectivity index (χ1v) is 6.87. The largest absolute Gasteiger partial charge is 0.352 e. The Morgan fingerprint density at radius 1 is 1.41 bits per heavy atom. The van der Waals surface area contributed by atoms with Gasteiger partial charge >= 0.3 is 0 Å². The average Bonchev–Trinajstić information content (AvgIpc) is 2.51. The normalized spacial score (nSPS) is 26.6. The quantitative estimate of drug-likeness (QED) is 0.763. The summed E-state index contributed by atoms with van der Waals surface area (Å²) in [6.45, 7) is 4.28. The van der Waals surface area contributed by atoms with Gasteiger partial charge in [-0.1, -0.05) is 33.1 Å². The Morgan fingerprint density at radius 3 is 2.82 bits per heavy atom.